The van der Waals surface area contributed by atoms with Gasteiger partial charge in [-0.1, -0.05) is 103 Å². The van der Waals surface area contributed by atoms with Gasteiger partial charge in [0.15, 0.2) is 5.69 Å². The molecule has 0 N–H and O–H groups in total. The first kappa shape index (κ1) is 28.8. The van der Waals surface area contributed by atoms with Gasteiger partial charge >= 0.3 is 0 Å². The SMILES string of the molecule is [C-]#[N+]c1ccc(-c2cccc(-n3c4ccccc4c4ccccc43)c2[N+]#[C-])cc1-c1ccccc1-n1c2ccccc2c2cc(C#N)ccc21. The summed E-state index contributed by atoms with van der Waals surface area (Å²) >= 11 is 0. The van der Waals surface area contributed by atoms with Crippen molar-refractivity contribution in [1.82, 2.24) is 9.13 Å². The fourth-order valence-corrected chi connectivity index (χ4v) is 7.46. The summed E-state index contributed by atoms with van der Waals surface area (Å²) in [5.41, 5.74) is 10.8. The van der Waals surface area contributed by atoms with E-state index in [1.165, 1.54) is 0 Å². The van der Waals surface area contributed by atoms with Crippen molar-refractivity contribution < 1.29 is 0 Å². The maximum atomic E-state index is 9.66. The summed E-state index contributed by atoms with van der Waals surface area (Å²) in [6.45, 7) is 16.6. The van der Waals surface area contributed by atoms with Gasteiger partial charge in [0.05, 0.1) is 58.2 Å². The van der Waals surface area contributed by atoms with Gasteiger partial charge in [-0.05, 0) is 70.8 Å². The lowest BCUT2D eigenvalue weighted by Crippen LogP contribution is -1.98. The smallest absolute Gasteiger partial charge is 0.218 e. The quantitative estimate of drug-likeness (QED) is 0.177. The molecule has 9 rings (SSSR count). The summed E-state index contributed by atoms with van der Waals surface area (Å²) in [7, 11) is 0. The first-order chi connectivity index (χ1) is 24.7. The number of fused-ring (bicyclic) bond motifs is 6. The maximum Gasteiger partial charge on any atom is 0.218 e. The molecule has 0 bridgehead atoms. The molecule has 5 heteroatoms. The average Bonchev–Trinajstić information content (AvgIpc) is 3.69. The molecule has 0 unspecified atom stereocenters. The second kappa shape index (κ2) is 11.4. The van der Waals surface area contributed by atoms with Crippen LogP contribution in [0.3, 0.4) is 0 Å². The summed E-state index contributed by atoms with van der Waals surface area (Å²) < 4.78 is 4.40. The van der Waals surface area contributed by atoms with Crippen LogP contribution in [0.2, 0.25) is 0 Å². The minimum atomic E-state index is 0.525. The number of nitrogens with zero attached hydrogens (tertiary/aromatic N) is 5. The number of nitriles is 1. The predicted octanol–water partition coefficient (Wildman–Crippen LogP) is 12.2. The van der Waals surface area contributed by atoms with Gasteiger partial charge in [0.1, 0.15) is 0 Å². The number of aromatic nitrogens is 2. The van der Waals surface area contributed by atoms with E-state index >= 15 is 0 Å². The van der Waals surface area contributed by atoms with Crippen LogP contribution < -0.4 is 0 Å². The van der Waals surface area contributed by atoms with Crippen molar-refractivity contribution in [2.24, 2.45) is 0 Å². The van der Waals surface area contributed by atoms with E-state index in [0.29, 0.717) is 16.9 Å². The molecular weight excluding hydrogens is 611 g/mol. The van der Waals surface area contributed by atoms with Crippen LogP contribution in [0, 0.1) is 24.5 Å². The molecule has 2 aromatic heterocycles. The van der Waals surface area contributed by atoms with E-state index < -0.39 is 0 Å². The number of para-hydroxylation sites is 5. The average molecular weight is 636 g/mol. The molecule has 230 valence electrons. The lowest BCUT2D eigenvalue weighted by atomic mass is 9.95. The highest BCUT2D eigenvalue weighted by Crippen LogP contribution is 2.44. The van der Waals surface area contributed by atoms with Crippen LogP contribution in [-0.4, -0.2) is 9.13 Å². The van der Waals surface area contributed by atoms with Crippen LogP contribution >= 0.6 is 0 Å². The Balaban J connectivity index is 1.28. The third-order valence-electron chi connectivity index (χ3n) is 9.61. The number of rotatable bonds is 4. The van der Waals surface area contributed by atoms with E-state index in [1.807, 2.05) is 103 Å². The standard InChI is InChI=1S/C45H25N5/c1-47-38-24-23-30(31-16-11-21-44(45(31)48-2)50-39-17-7-3-12-32(39)33-13-4-8-18-40(33)50)27-36(38)34-14-5-9-19-41(34)49-42-20-10-6-15-35(42)37-26-29(28-46)22-25-43(37)49/h3-27H. The number of benzene rings is 7. The molecule has 0 saturated heterocycles. The Morgan fingerprint density at radius 1 is 0.460 bits per heavy atom. The molecule has 0 atom stereocenters. The maximum absolute atomic E-state index is 9.66. The van der Waals surface area contributed by atoms with E-state index in [9.17, 15) is 5.26 Å². The molecule has 0 fully saturated rings. The minimum absolute atomic E-state index is 0.525. The molecule has 0 amide bonds. The largest absolute Gasteiger partial charge is 0.319 e. The van der Waals surface area contributed by atoms with E-state index in [1.54, 1.807) is 0 Å². The molecule has 0 aliphatic carbocycles. The summed E-state index contributed by atoms with van der Waals surface area (Å²) in [5, 5.41) is 14.0. The Hall–Kier alpha value is -7.39. The van der Waals surface area contributed by atoms with Crippen molar-refractivity contribution in [3.63, 3.8) is 0 Å². The van der Waals surface area contributed by atoms with Gasteiger partial charge in [-0.2, -0.15) is 5.26 Å². The molecule has 5 nitrogen and oxygen atoms in total. The molecule has 0 saturated carbocycles. The Kier molecular flexibility index (Phi) is 6.56. The first-order valence-corrected chi connectivity index (χ1v) is 16.2. The van der Waals surface area contributed by atoms with Gasteiger partial charge in [0.25, 0.3) is 0 Å². The molecule has 9 aromatic rings. The zero-order valence-corrected chi connectivity index (χ0v) is 26.7. The number of hydrogen-bond acceptors (Lipinski definition) is 1. The van der Waals surface area contributed by atoms with Crippen LogP contribution in [0.1, 0.15) is 5.56 Å². The minimum Gasteiger partial charge on any atom is -0.319 e. The Labute approximate surface area is 288 Å². The number of hydrogen-bond donors (Lipinski definition) is 0. The van der Waals surface area contributed by atoms with Crippen LogP contribution in [0.5, 0.6) is 0 Å². The molecule has 0 spiro atoms. The van der Waals surface area contributed by atoms with Crippen LogP contribution in [0.25, 0.3) is 86.9 Å². The Morgan fingerprint density at radius 2 is 1.02 bits per heavy atom. The molecule has 0 radical (unpaired) electrons. The first-order valence-electron chi connectivity index (χ1n) is 16.2. The highest BCUT2D eigenvalue weighted by molar-refractivity contribution is 6.11. The van der Waals surface area contributed by atoms with Gasteiger partial charge in [-0.25, -0.2) is 9.69 Å². The van der Waals surface area contributed by atoms with Gasteiger partial charge < -0.3 is 9.13 Å². The van der Waals surface area contributed by atoms with Crippen molar-refractivity contribution in [3.05, 3.63) is 180 Å². The van der Waals surface area contributed by atoms with Crippen molar-refractivity contribution >= 4 is 55.0 Å². The second-order valence-corrected chi connectivity index (χ2v) is 12.2. The lowest BCUT2D eigenvalue weighted by molar-refractivity contribution is 1.18. The van der Waals surface area contributed by atoms with Crippen molar-refractivity contribution in [3.8, 4) is 39.7 Å². The molecule has 2 heterocycles. The Morgan fingerprint density at radius 3 is 1.68 bits per heavy atom. The van der Waals surface area contributed by atoms with E-state index in [2.05, 4.69) is 73.4 Å². The second-order valence-electron chi connectivity index (χ2n) is 12.2. The van der Waals surface area contributed by atoms with Crippen LogP contribution in [0.4, 0.5) is 11.4 Å². The van der Waals surface area contributed by atoms with Gasteiger partial charge in [-0.3, -0.25) is 0 Å². The lowest BCUT2D eigenvalue weighted by Gasteiger charge is -2.17. The third-order valence-corrected chi connectivity index (χ3v) is 9.61. The molecule has 0 aliphatic heterocycles. The molecule has 0 aliphatic rings. The zero-order chi connectivity index (χ0) is 33.8. The fourth-order valence-electron chi connectivity index (χ4n) is 7.46. The zero-order valence-electron chi connectivity index (χ0n) is 26.7. The van der Waals surface area contributed by atoms with E-state index in [0.717, 1.165) is 77.2 Å². The van der Waals surface area contributed by atoms with E-state index in [4.69, 9.17) is 13.1 Å². The Bertz CT molecular complexity index is 2920. The van der Waals surface area contributed by atoms with Gasteiger partial charge in [-0.15, -0.1) is 0 Å². The topological polar surface area (TPSA) is 42.4 Å². The van der Waals surface area contributed by atoms with Crippen LogP contribution in [0.15, 0.2) is 152 Å². The fraction of sp³-hybridized carbons (Fsp3) is 0. The highest BCUT2D eigenvalue weighted by Gasteiger charge is 2.21. The summed E-state index contributed by atoms with van der Waals surface area (Å²) in [6, 6.07) is 52.9. The normalized spacial score (nSPS) is 11.1. The van der Waals surface area contributed by atoms with Crippen LogP contribution in [-0.2, 0) is 0 Å². The molecule has 7 aromatic carbocycles. The summed E-state index contributed by atoms with van der Waals surface area (Å²) in [6.07, 6.45) is 0. The molecular formula is C45H25N5. The monoisotopic (exact) mass is 635 g/mol. The van der Waals surface area contributed by atoms with Gasteiger partial charge in [0.2, 0.25) is 5.69 Å². The molecule has 50 heavy (non-hydrogen) atoms. The van der Waals surface area contributed by atoms with Crippen molar-refractivity contribution in [2.75, 3.05) is 0 Å². The van der Waals surface area contributed by atoms with Crippen molar-refractivity contribution in [1.29, 1.82) is 5.26 Å². The van der Waals surface area contributed by atoms with Gasteiger partial charge in [0, 0.05) is 21.5 Å². The predicted molar refractivity (Wildman–Crippen MR) is 203 cm³/mol. The van der Waals surface area contributed by atoms with Crippen molar-refractivity contribution in [2.45, 2.75) is 0 Å². The summed E-state index contributed by atoms with van der Waals surface area (Å²) in [5.74, 6) is 0. The summed E-state index contributed by atoms with van der Waals surface area (Å²) in [4.78, 5) is 8.10. The van der Waals surface area contributed by atoms with E-state index in [-0.39, 0.29) is 0 Å². The third kappa shape index (κ3) is 4.24. The highest BCUT2D eigenvalue weighted by atomic mass is 15.0.